The predicted octanol–water partition coefficient (Wildman–Crippen LogP) is 2.01. The summed E-state index contributed by atoms with van der Waals surface area (Å²) in [6, 6.07) is 4.15. The Hall–Kier alpha value is -1.07. The lowest BCUT2D eigenvalue weighted by Gasteiger charge is -2.14. The quantitative estimate of drug-likeness (QED) is 0.716. The number of thiol groups is 1. The van der Waals surface area contributed by atoms with E-state index in [1.54, 1.807) is 0 Å². The largest absolute Gasteiger partial charge is 0.396 e. The molecule has 1 aromatic carbocycles. The van der Waals surface area contributed by atoms with Gasteiger partial charge < -0.3 is 10.4 Å². The average molecular weight is 269 g/mol. The standard InChI is InChI=1S/C13H16FNO2S/c14-11-2-1-9(18)7-10(11)12(17)15-8-13(3-4-13)5-6-16/h1-2,7,16,18H,3-6,8H2,(H,15,17). The molecule has 3 nitrogen and oxygen atoms in total. The number of hydrogen-bond acceptors (Lipinski definition) is 3. The fraction of sp³-hybridized carbons (Fsp3) is 0.462. The molecule has 1 aromatic rings. The van der Waals surface area contributed by atoms with E-state index in [1.807, 2.05) is 0 Å². The van der Waals surface area contributed by atoms with Gasteiger partial charge in [0.25, 0.3) is 5.91 Å². The Labute approximate surface area is 111 Å². The zero-order valence-corrected chi connectivity index (χ0v) is 10.8. The zero-order chi connectivity index (χ0) is 13.2. The van der Waals surface area contributed by atoms with Crippen molar-refractivity contribution in [2.75, 3.05) is 13.2 Å². The molecule has 0 saturated heterocycles. The van der Waals surface area contributed by atoms with E-state index in [0.717, 1.165) is 12.8 Å². The van der Waals surface area contributed by atoms with E-state index in [-0.39, 0.29) is 17.6 Å². The minimum Gasteiger partial charge on any atom is -0.396 e. The van der Waals surface area contributed by atoms with Gasteiger partial charge in [0.15, 0.2) is 0 Å². The Bertz CT molecular complexity index is 460. The molecule has 18 heavy (non-hydrogen) atoms. The Morgan fingerprint density at radius 1 is 1.50 bits per heavy atom. The van der Waals surface area contributed by atoms with Crippen LogP contribution in [0.1, 0.15) is 29.6 Å². The first-order valence-electron chi connectivity index (χ1n) is 5.94. The minimum atomic E-state index is -0.544. The van der Waals surface area contributed by atoms with E-state index in [4.69, 9.17) is 5.11 Å². The number of rotatable bonds is 5. The van der Waals surface area contributed by atoms with Gasteiger partial charge in [0.05, 0.1) is 5.56 Å². The molecule has 0 spiro atoms. The third kappa shape index (κ3) is 3.03. The first-order chi connectivity index (χ1) is 8.56. The van der Waals surface area contributed by atoms with Gasteiger partial charge in [-0.15, -0.1) is 12.6 Å². The number of aliphatic hydroxyl groups excluding tert-OH is 1. The maximum atomic E-state index is 13.5. The molecule has 1 amide bonds. The van der Waals surface area contributed by atoms with Gasteiger partial charge in [-0.2, -0.15) is 0 Å². The van der Waals surface area contributed by atoms with Gasteiger partial charge in [0.1, 0.15) is 5.82 Å². The SMILES string of the molecule is O=C(NCC1(CCO)CC1)c1cc(S)ccc1F. The Morgan fingerprint density at radius 2 is 2.22 bits per heavy atom. The molecule has 1 aliphatic rings. The van der Waals surface area contributed by atoms with Gasteiger partial charge in [-0.25, -0.2) is 4.39 Å². The summed E-state index contributed by atoms with van der Waals surface area (Å²) in [6.07, 6.45) is 2.69. The van der Waals surface area contributed by atoms with E-state index in [9.17, 15) is 9.18 Å². The highest BCUT2D eigenvalue weighted by Gasteiger charge is 2.41. The maximum absolute atomic E-state index is 13.5. The maximum Gasteiger partial charge on any atom is 0.254 e. The van der Waals surface area contributed by atoms with Crippen LogP contribution in [0.3, 0.4) is 0 Å². The number of halogens is 1. The predicted molar refractivity (Wildman–Crippen MR) is 69.4 cm³/mol. The molecule has 0 aliphatic heterocycles. The lowest BCUT2D eigenvalue weighted by atomic mass is 10.0. The van der Waals surface area contributed by atoms with Gasteiger partial charge in [0, 0.05) is 18.0 Å². The van der Waals surface area contributed by atoms with E-state index in [1.165, 1.54) is 18.2 Å². The van der Waals surface area contributed by atoms with Gasteiger partial charge in [-0.05, 0) is 42.9 Å². The van der Waals surface area contributed by atoms with Crippen molar-refractivity contribution in [2.45, 2.75) is 24.2 Å². The van der Waals surface area contributed by atoms with Crippen molar-refractivity contribution in [3.63, 3.8) is 0 Å². The van der Waals surface area contributed by atoms with Crippen LogP contribution >= 0.6 is 12.6 Å². The smallest absolute Gasteiger partial charge is 0.254 e. The second-order valence-electron chi connectivity index (χ2n) is 4.82. The fourth-order valence-electron chi connectivity index (χ4n) is 1.98. The molecule has 1 saturated carbocycles. The number of benzene rings is 1. The van der Waals surface area contributed by atoms with Gasteiger partial charge >= 0.3 is 0 Å². The van der Waals surface area contributed by atoms with Gasteiger partial charge in [0.2, 0.25) is 0 Å². The molecular weight excluding hydrogens is 253 g/mol. The molecule has 1 fully saturated rings. The van der Waals surface area contributed by atoms with Crippen LogP contribution < -0.4 is 5.32 Å². The molecule has 98 valence electrons. The van der Waals surface area contributed by atoms with Crippen LogP contribution in [-0.2, 0) is 0 Å². The lowest BCUT2D eigenvalue weighted by Crippen LogP contribution is -2.31. The van der Waals surface area contributed by atoms with Crippen molar-refractivity contribution >= 4 is 18.5 Å². The van der Waals surface area contributed by atoms with Crippen LogP contribution in [0.15, 0.2) is 23.1 Å². The first-order valence-corrected chi connectivity index (χ1v) is 6.39. The molecule has 0 atom stereocenters. The van der Waals surface area contributed by atoms with Crippen LogP contribution in [0.5, 0.6) is 0 Å². The van der Waals surface area contributed by atoms with Crippen molar-refractivity contribution in [1.82, 2.24) is 5.32 Å². The minimum absolute atomic E-state index is 0.0160. The molecule has 0 radical (unpaired) electrons. The number of carbonyl (C=O) groups is 1. The molecule has 0 heterocycles. The highest BCUT2D eigenvalue weighted by molar-refractivity contribution is 7.80. The summed E-state index contributed by atoms with van der Waals surface area (Å²) in [5.41, 5.74) is 0.0433. The molecule has 1 aliphatic carbocycles. The van der Waals surface area contributed by atoms with E-state index in [2.05, 4.69) is 17.9 Å². The summed E-state index contributed by atoms with van der Waals surface area (Å²) in [5, 5.41) is 11.7. The van der Waals surface area contributed by atoms with Gasteiger partial charge in [-0.3, -0.25) is 4.79 Å². The molecule has 2 rings (SSSR count). The third-order valence-electron chi connectivity index (χ3n) is 3.42. The van der Waals surface area contributed by atoms with Crippen molar-refractivity contribution in [3.8, 4) is 0 Å². The summed E-state index contributed by atoms with van der Waals surface area (Å²) in [5.74, 6) is -0.968. The zero-order valence-electron chi connectivity index (χ0n) is 9.95. The Kier molecular flexibility index (Phi) is 3.92. The first kappa shape index (κ1) is 13.4. The number of amides is 1. The monoisotopic (exact) mass is 269 g/mol. The Morgan fingerprint density at radius 3 is 2.83 bits per heavy atom. The van der Waals surface area contributed by atoms with Crippen LogP contribution in [0.2, 0.25) is 0 Å². The van der Waals surface area contributed by atoms with Crippen LogP contribution in [0, 0.1) is 11.2 Å². The second-order valence-corrected chi connectivity index (χ2v) is 5.34. The van der Waals surface area contributed by atoms with Gasteiger partial charge in [-0.1, -0.05) is 0 Å². The number of hydrogen-bond donors (Lipinski definition) is 3. The fourth-order valence-corrected chi connectivity index (χ4v) is 2.18. The number of nitrogens with one attached hydrogen (secondary N) is 1. The average Bonchev–Trinajstić information content (AvgIpc) is 3.10. The number of aliphatic hydroxyl groups is 1. The molecule has 5 heteroatoms. The summed E-state index contributed by atoms with van der Waals surface area (Å²) >= 11 is 4.09. The van der Waals surface area contributed by atoms with Crippen LogP contribution in [0.25, 0.3) is 0 Å². The summed E-state index contributed by atoms with van der Waals surface area (Å²) in [7, 11) is 0. The third-order valence-corrected chi connectivity index (χ3v) is 3.70. The summed E-state index contributed by atoms with van der Waals surface area (Å²) < 4.78 is 13.5. The molecule has 0 unspecified atom stereocenters. The number of carbonyl (C=O) groups excluding carboxylic acids is 1. The Balaban J connectivity index is 1.98. The van der Waals surface area contributed by atoms with E-state index >= 15 is 0 Å². The van der Waals surface area contributed by atoms with Crippen molar-refractivity contribution in [1.29, 1.82) is 0 Å². The van der Waals surface area contributed by atoms with E-state index in [0.29, 0.717) is 17.9 Å². The highest BCUT2D eigenvalue weighted by atomic mass is 32.1. The molecule has 2 N–H and O–H groups in total. The summed E-state index contributed by atoms with van der Waals surface area (Å²) in [6.45, 7) is 0.610. The lowest BCUT2D eigenvalue weighted by molar-refractivity contribution is 0.0936. The van der Waals surface area contributed by atoms with Crippen molar-refractivity contribution < 1.29 is 14.3 Å². The topological polar surface area (TPSA) is 49.3 Å². The van der Waals surface area contributed by atoms with Crippen molar-refractivity contribution in [2.24, 2.45) is 5.41 Å². The normalized spacial score (nSPS) is 16.4. The molecule has 0 aromatic heterocycles. The van der Waals surface area contributed by atoms with Crippen LogP contribution in [0.4, 0.5) is 4.39 Å². The second kappa shape index (κ2) is 5.28. The molecule has 0 bridgehead atoms. The molecular formula is C13H16FNO2S. The van der Waals surface area contributed by atoms with Crippen molar-refractivity contribution in [3.05, 3.63) is 29.6 Å². The van der Waals surface area contributed by atoms with E-state index < -0.39 is 11.7 Å². The summed E-state index contributed by atoms with van der Waals surface area (Å²) in [4.78, 5) is 12.4. The highest BCUT2D eigenvalue weighted by Crippen LogP contribution is 2.47. The van der Waals surface area contributed by atoms with Crippen LogP contribution in [-0.4, -0.2) is 24.2 Å².